The summed E-state index contributed by atoms with van der Waals surface area (Å²) in [6.07, 6.45) is 0. The maximum Gasteiger partial charge on any atom is 0.387 e. The van der Waals surface area contributed by atoms with E-state index in [9.17, 15) is 13.6 Å². The number of rotatable bonds is 4. The smallest absolute Gasteiger partial charge is 0.387 e. The largest absolute Gasteiger partial charge is 0.478 e. The monoisotopic (exact) mass is 305 g/mol. The molecule has 7 heteroatoms. The number of alkyl halides is 3. The Hall–Kier alpha value is -1.68. The van der Waals surface area contributed by atoms with E-state index in [0.717, 1.165) is 0 Å². The summed E-state index contributed by atoms with van der Waals surface area (Å²) in [5, 5.41) is 17.9. The number of carboxylic acids is 1. The van der Waals surface area contributed by atoms with Crippen molar-refractivity contribution in [1.82, 2.24) is 0 Å². The summed E-state index contributed by atoms with van der Waals surface area (Å²) in [6, 6.07) is 3.98. The summed E-state index contributed by atoms with van der Waals surface area (Å²) in [5.74, 6) is -1.81. The molecule has 90 valence electrons. The van der Waals surface area contributed by atoms with Gasteiger partial charge in [-0.05, 0) is 17.7 Å². The number of hydrogen-bond acceptors (Lipinski definition) is 3. The van der Waals surface area contributed by atoms with Gasteiger partial charge in [0.25, 0.3) is 0 Å². The Balaban J connectivity index is 3.40. The number of ether oxygens (including phenoxy) is 1. The molecular weight excluding hydrogens is 300 g/mol. The highest BCUT2D eigenvalue weighted by Crippen LogP contribution is 2.27. The van der Waals surface area contributed by atoms with Crippen LogP contribution in [-0.4, -0.2) is 17.7 Å². The lowest BCUT2D eigenvalue weighted by atomic mass is 10.0. The summed E-state index contributed by atoms with van der Waals surface area (Å²) >= 11 is 3.07. The van der Waals surface area contributed by atoms with Crippen molar-refractivity contribution in [3.63, 3.8) is 0 Å². The van der Waals surface area contributed by atoms with E-state index in [-0.39, 0.29) is 10.9 Å². The molecule has 0 aliphatic rings. The first-order valence-corrected chi connectivity index (χ1v) is 5.42. The van der Waals surface area contributed by atoms with Gasteiger partial charge in [0.2, 0.25) is 0 Å². The lowest BCUT2D eigenvalue weighted by Crippen LogP contribution is -2.08. The molecule has 0 radical (unpaired) electrons. The van der Waals surface area contributed by atoms with E-state index in [2.05, 4.69) is 20.7 Å². The van der Waals surface area contributed by atoms with Crippen molar-refractivity contribution in [2.24, 2.45) is 0 Å². The molecule has 0 heterocycles. The van der Waals surface area contributed by atoms with Crippen molar-refractivity contribution in [3.05, 3.63) is 28.8 Å². The van der Waals surface area contributed by atoms with Gasteiger partial charge in [-0.2, -0.15) is 14.0 Å². The maximum absolute atomic E-state index is 12.1. The number of hydrogen-bond donors (Lipinski definition) is 1. The van der Waals surface area contributed by atoms with E-state index >= 15 is 0 Å². The number of halogens is 3. The molecule has 0 saturated carbocycles. The average Bonchev–Trinajstić information content (AvgIpc) is 2.26. The first kappa shape index (κ1) is 13.4. The fourth-order valence-electron chi connectivity index (χ4n) is 1.22. The van der Waals surface area contributed by atoms with Crippen molar-refractivity contribution in [2.45, 2.75) is 11.9 Å². The van der Waals surface area contributed by atoms with Crippen LogP contribution in [0.5, 0.6) is 5.75 Å². The van der Waals surface area contributed by atoms with Crippen LogP contribution < -0.4 is 4.74 Å². The number of nitriles is 1. The highest BCUT2D eigenvalue weighted by Gasteiger charge is 2.19. The molecule has 0 spiro atoms. The highest BCUT2D eigenvalue weighted by molar-refractivity contribution is 9.08. The quantitative estimate of drug-likeness (QED) is 0.868. The molecule has 0 atom stereocenters. The van der Waals surface area contributed by atoms with E-state index in [0.29, 0.717) is 5.56 Å². The van der Waals surface area contributed by atoms with Crippen molar-refractivity contribution >= 4 is 21.9 Å². The van der Waals surface area contributed by atoms with Gasteiger partial charge >= 0.3 is 12.6 Å². The van der Waals surface area contributed by atoms with E-state index in [1.54, 1.807) is 6.07 Å². The van der Waals surface area contributed by atoms with Crippen LogP contribution in [0.15, 0.2) is 12.1 Å². The van der Waals surface area contributed by atoms with Crippen LogP contribution in [0.4, 0.5) is 8.78 Å². The summed E-state index contributed by atoms with van der Waals surface area (Å²) in [4.78, 5) is 10.9. The van der Waals surface area contributed by atoms with E-state index < -0.39 is 23.9 Å². The van der Waals surface area contributed by atoms with Crippen LogP contribution in [0, 0.1) is 11.3 Å². The molecule has 0 saturated heterocycles. The van der Waals surface area contributed by atoms with Gasteiger partial charge in [0, 0.05) is 5.33 Å². The molecule has 0 aliphatic carbocycles. The first-order valence-electron chi connectivity index (χ1n) is 4.30. The minimum absolute atomic E-state index is 0.262. The summed E-state index contributed by atoms with van der Waals surface area (Å²) in [5.41, 5.74) is -0.348. The molecule has 1 aromatic rings. The molecule has 0 aliphatic heterocycles. The topological polar surface area (TPSA) is 70.3 Å². The van der Waals surface area contributed by atoms with Crippen molar-refractivity contribution in [2.75, 3.05) is 0 Å². The van der Waals surface area contributed by atoms with Crippen molar-refractivity contribution < 1.29 is 23.4 Å². The number of benzene rings is 1. The lowest BCUT2D eigenvalue weighted by molar-refractivity contribution is -0.0501. The molecule has 0 fully saturated rings. The fraction of sp³-hybridized carbons (Fsp3) is 0.200. The third kappa shape index (κ3) is 3.14. The van der Waals surface area contributed by atoms with Crippen LogP contribution in [0.1, 0.15) is 21.5 Å². The maximum atomic E-state index is 12.1. The van der Waals surface area contributed by atoms with Crippen LogP contribution in [-0.2, 0) is 5.33 Å². The van der Waals surface area contributed by atoms with Gasteiger partial charge in [-0.3, -0.25) is 0 Å². The molecule has 0 amide bonds. The molecular formula is C10H6BrF2NO3. The van der Waals surface area contributed by atoms with E-state index in [4.69, 9.17) is 10.4 Å². The molecule has 4 nitrogen and oxygen atoms in total. The SMILES string of the molecule is N#Cc1c(OC(F)F)cc(CBr)cc1C(=O)O. The molecule has 0 unspecified atom stereocenters. The van der Waals surface area contributed by atoms with Gasteiger partial charge < -0.3 is 9.84 Å². The van der Waals surface area contributed by atoms with Crippen molar-refractivity contribution in [3.8, 4) is 11.8 Å². The third-order valence-corrected chi connectivity index (χ3v) is 2.52. The van der Waals surface area contributed by atoms with Gasteiger partial charge in [-0.1, -0.05) is 15.9 Å². The second-order valence-corrected chi connectivity index (χ2v) is 3.51. The van der Waals surface area contributed by atoms with Crippen LogP contribution >= 0.6 is 15.9 Å². The second kappa shape index (κ2) is 5.59. The fourth-order valence-corrected chi connectivity index (χ4v) is 1.55. The standard InChI is InChI=1S/C10H6BrF2NO3/c11-3-5-1-6(9(15)16)7(4-14)8(2-5)17-10(12)13/h1-2,10H,3H2,(H,15,16). The minimum Gasteiger partial charge on any atom is -0.478 e. The molecule has 17 heavy (non-hydrogen) atoms. The molecule has 1 N–H and O–H groups in total. The number of nitrogens with zero attached hydrogens (tertiary/aromatic N) is 1. The van der Waals surface area contributed by atoms with Crippen LogP contribution in [0.25, 0.3) is 0 Å². The van der Waals surface area contributed by atoms with Crippen LogP contribution in [0.2, 0.25) is 0 Å². The molecule has 0 aromatic heterocycles. The molecule has 1 rings (SSSR count). The summed E-state index contributed by atoms with van der Waals surface area (Å²) in [7, 11) is 0. The Morgan fingerprint density at radius 2 is 2.24 bits per heavy atom. The number of carboxylic acid groups (broad SMARTS) is 1. The third-order valence-electron chi connectivity index (χ3n) is 1.87. The minimum atomic E-state index is -3.12. The lowest BCUT2D eigenvalue weighted by Gasteiger charge is -2.10. The predicted molar refractivity (Wildman–Crippen MR) is 57.4 cm³/mol. The Morgan fingerprint density at radius 3 is 2.65 bits per heavy atom. The van der Waals surface area contributed by atoms with Gasteiger partial charge in [-0.15, -0.1) is 0 Å². The number of carbonyl (C=O) groups is 1. The molecule has 0 bridgehead atoms. The average molecular weight is 306 g/mol. The predicted octanol–water partition coefficient (Wildman–Crippen LogP) is 2.75. The Bertz CT molecular complexity index is 485. The zero-order valence-corrected chi connectivity index (χ0v) is 9.87. The zero-order valence-electron chi connectivity index (χ0n) is 8.28. The molecule has 1 aromatic carbocycles. The van der Waals surface area contributed by atoms with Gasteiger partial charge in [0.05, 0.1) is 5.56 Å². The number of aromatic carboxylic acids is 1. The normalized spacial score (nSPS) is 10.1. The van der Waals surface area contributed by atoms with Gasteiger partial charge in [-0.25, -0.2) is 4.79 Å². The Labute approximate surface area is 104 Å². The van der Waals surface area contributed by atoms with Gasteiger partial charge in [0.15, 0.2) is 0 Å². The summed E-state index contributed by atoms with van der Waals surface area (Å²) < 4.78 is 28.4. The van der Waals surface area contributed by atoms with Crippen LogP contribution in [0.3, 0.4) is 0 Å². The first-order chi connectivity index (χ1) is 7.99. The second-order valence-electron chi connectivity index (χ2n) is 2.95. The highest BCUT2D eigenvalue weighted by atomic mass is 79.9. The van der Waals surface area contributed by atoms with Crippen molar-refractivity contribution in [1.29, 1.82) is 5.26 Å². The van der Waals surface area contributed by atoms with Gasteiger partial charge in [0.1, 0.15) is 17.4 Å². The van der Waals surface area contributed by atoms with E-state index in [1.165, 1.54) is 12.1 Å². The zero-order chi connectivity index (χ0) is 13.0. The Kier molecular flexibility index (Phi) is 4.40. The Morgan fingerprint density at radius 1 is 1.59 bits per heavy atom. The summed E-state index contributed by atoms with van der Waals surface area (Å²) in [6.45, 7) is -3.12. The van der Waals surface area contributed by atoms with E-state index in [1.807, 2.05) is 0 Å².